The minimum Gasteiger partial charge on any atom is -0.384 e. The lowest BCUT2D eigenvalue weighted by atomic mass is 10.00. The summed E-state index contributed by atoms with van der Waals surface area (Å²) in [6, 6.07) is 10.2. The standard InChI is InChI=1S/C14H16FN3/c15-13-4-2-1-3-11(13)9-12(16)7-10-5-6-18-14(17)8-10/h1-6,8,12H,7,9,16H2,(H2,17,18). The molecule has 4 heteroatoms. The van der Waals surface area contributed by atoms with Crippen molar-refractivity contribution in [3.63, 3.8) is 0 Å². The van der Waals surface area contributed by atoms with Crippen LogP contribution in [-0.4, -0.2) is 11.0 Å². The highest BCUT2D eigenvalue weighted by Crippen LogP contribution is 2.12. The highest BCUT2D eigenvalue weighted by atomic mass is 19.1. The van der Waals surface area contributed by atoms with Crippen LogP contribution in [0.25, 0.3) is 0 Å². The van der Waals surface area contributed by atoms with Crippen LogP contribution in [0.4, 0.5) is 10.2 Å². The first kappa shape index (κ1) is 12.5. The van der Waals surface area contributed by atoms with Crippen molar-refractivity contribution in [2.75, 3.05) is 5.73 Å². The molecule has 4 N–H and O–H groups in total. The quantitative estimate of drug-likeness (QED) is 0.864. The first-order valence-electron chi connectivity index (χ1n) is 5.84. The number of pyridine rings is 1. The van der Waals surface area contributed by atoms with E-state index in [1.807, 2.05) is 12.1 Å². The van der Waals surface area contributed by atoms with Gasteiger partial charge in [0.05, 0.1) is 0 Å². The molecule has 1 aromatic carbocycles. The second-order valence-electron chi connectivity index (χ2n) is 4.35. The third-order valence-electron chi connectivity index (χ3n) is 2.78. The fraction of sp³-hybridized carbons (Fsp3) is 0.214. The molecular weight excluding hydrogens is 229 g/mol. The molecule has 0 saturated carbocycles. The summed E-state index contributed by atoms with van der Waals surface area (Å²) >= 11 is 0. The van der Waals surface area contributed by atoms with Crippen molar-refractivity contribution in [3.05, 3.63) is 59.5 Å². The molecule has 0 aliphatic rings. The molecule has 0 radical (unpaired) electrons. The van der Waals surface area contributed by atoms with Crippen LogP contribution in [0.3, 0.4) is 0 Å². The Kier molecular flexibility index (Phi) is 3.89. The summed E-state index contributed by atoms with van der Waals surface area (Å²) in [5.74, 6) is 0.271. The highest BCUT2D eigenvalue weighted by Gasteiger charge is 2.09. The number of aromatic nitrogens is 1. The number of halogens is 1. The van der Waals surface area contributed by atoms with Gasteiger partial charge in [0.1, 0.15) is 11.6 Å². The Morgan fingerprint density at radius 2 is 1.94 bits per heavy atom. The third-order valence-corrected chi connectivity index (χ3v) is 2.78. The fourth-order valence-corrected chi connectivity index (χ4v) is 1.94. The Morgan fingerprint density at radius 3 is 2.67 bits per heavy atom. The summed E-state index contributed by atoms with van der Waals surface area (Å²) in [4.78, 5) is 3.92. The van der Waals surface area contributed by atoms with Gasteiger partial charge in [-0.05, 0) is 42.2 Å². The summed E-state index contributed by atoms with van der Waals surface area (Å²) in [6.07, 6.45) is 2.82. The lowest BCUT2D eigenvalue weighted by Gasteiger charge is -2.12. The van der Waals surface area contributed by atoms with Gasteiger partial charge in [0.15, 0.2) is 0 Å². The SMILES string of the molecule is Nc1cc(CC(N)Cc2ccccc2F)ccn1. The summed E-state index contributed by atoms with van der Waals surface area (Å²) in [5.41, 5.74) is 13.3. The van der Waals surface area contributed by atoms with Crippen LogP contribution in [0.15, 0.2) is 42.6 Å². The van der Waals surface area contributed by atoms with E-state index in [1.165, 1.54) is 6.07 Å². The molecule has 1 heterocycles. The molecule has 0 bridgehead atoms. The van der Waals surface area contributed by atoms with E-state index in [0.29, 0.717) is 24.2 Å². The van der Waals surface area contributed by atoms with Crippen molar-refractivity contribution in [2.45, 2.75) is 18.9 Å². The molecule has 1 unspecified atom stereocenters. The van der Waals surface area contributed by atoms with Crippen molar-refractivity contribution < 1.29 is 4.39 Å². The molecular formula is C14H16FN3. The normalized spacial score (nSPS) is 12.3. The molecule has 1 aromatic heterocycles. The Labute approximate surface area is 106 Å². The number of hydrogen-bond acceptors (Lipinski definition) is 3. The molecule has 18 heavy (non-hydrogen) atoms. The van der Waals surface area contributed by atoms with Gasteiger partial charge < -0.3 is 11.5 Å². The molecule has 94 valence electrons. The van der Waals surface area contributed by atoms with E-state index in [-0.39, 0.29) is 11.9 Å². The van der Waals surface area contributed by atoms with Gasteiger partial charge in [-0.2, -0.15) is 0 Å². The topological polar surface area (TPSA) is 64.9 Å². The molecule has 0 saturated heterocycles. The van der Waals surface area contributed by atoms with Crippen LogP contribution < -0.4 is 11.5 Å². The fourth-order valence-electron chi connectivity index (χ4n) is 1.94. The predicted molar refractivity (Wildman–Crippen MR) is 70.4 cm³/mol. The number of rotatable bonds is 4. The summed E-state index contributed by atoms with van der Waals surface area (Å²) in [7, 11) is 0. The maximum absolute atomic E-state index is 13.5. The zero-order valence-corrected chi connectivity index (χ0v) is 10.0. The molecule has 0 amide bonds. The molecule has 3 nitrogen and oxygen atoms in total. The summed E-state index contributed by atoms with van der Waals surface area (Å²) < 4.78 is 13.5. The Morgan fingerprint density at radius 1 is 1.17 bits per heavy atom. The van der Waals surface area contributed by atoms with Gasteiger partial charge >= 0.3 is 0 Å². The minimum absolute atomic E-state index is 0.135. The molecule has 2 aromatic rings. The average molecular weight is 245 g/mol. The zero-order chi connectivity index (χ0) is 13.0. The van der Waals surface area contributed by atoms with Crippen LogP contribution in [0, 0.1) is 5.82 Å². The maximum Gasteiger partial charge on any atom is 0.126 e. The number of benzene rings is 1. The van der Waals surface area contributed by atoms with Crippen molar-refractivity contribution in [3.8, 4) is 0 Å². The van der Waals surface area contributed by atoms with Crippen molar-refractivity contribution in [1.82, 2.24) is 4.98 Å². The van der Waals surface area contributed by atoms with Gasteiger partial charge in [-0.1, -0.05) is 18.2 Å². The Bertz CT molecular complexity index is 528. The molecule has 1 atom stereocenters. The number of nitrogens with zero attached hydrogens (tertiary/aromatic N) is 1. The largest absolute Gasteiger partial charge is 0.384 e. The molecule has 0 aliphatic heterocycles. The Balaban J connectivity index is 2.01. The molecule has 0 spiro atoms. The van der Waals surface area contributed by atoms with Gasteiger partial charge in [-0.25, -0.2) is 9.37 Å². The van der Waals surface area contributed by atoms with E-state index >= 15 is 0 Å². The van der Waals surface area contributed by atoms with Crippen LogP contribution in [0.2, 0.25) is 0 Å². The lowest BCUT2D eigenvalue weighted by Crippen LogP contribution is -2.26. The lowest BCUT2D eigenvalue weighted by molar-refractivity contribution is 0.584. The molecule has 0 fully saturated rings. The van der Waals surface area contributed by atoms with E-state index in [0.717, 1.165) is 5.56 Å². The smallest absolute Gasteiger partial charge is 0.126 e. The van der Waals surface area contributed by atoms with Crippen LogP contribution >= 0.6 is 0 Å². The molecule has 2 rings (SSSR count). The zero-order valence-electron chi connectivity index (χ0n) is 10.0. The second kappa shape index (κ2) is 5.60. The van der Waals surface area contributed by atoms with E-state index in [9.17, 15) is 4.39 Å². The van der Waals surface area contributed by atoms with Crippen molar-refractivity contribution in [2.24, 2.45) is 5.73 Å². The Hall–Kier alpha value is -1.94. The first-order chi connectivity index (χ1) is 8.65. The average Bonchev–Trinajstić information content (AvgIpc) is 2.32. The van der Waals surface area contributed by atoms with Crippen molar-refractivity contribution in [1.29, 1.82) is 0 Å². The monoisotopic (exact) mass is 245 g/mol. The third kappa shape index (κ3) is 3.28. The number of nitrogens with two attached hydrogens (primary N) is 2. The maximum atomic E-state index is 13.5. The first-order valence-corrected chi connectivity index (χ1v) is 5.84. The van der Waals surface area contributed by atoms with E-state index in [4.69, 9.17) is 11.5 Å². The number of nitrogen functional groups attached to an aromatic ring is 1. The predicted octanol–water partition coefficient (Wildman–Crippen LogP) is 1.92. The minimum atomic E-state index is -0.206. The van der Waals surface area contributed by atoms with Gasteiger partial charge in [0.2, 0.25) is 0 Å². The van der Waals surface area contributed by atoms with E-state index in [1.54, 1.807) is 24.4 Å². The van der Waals surface area contributed by atoms with Gasteiger partial charge in [0.25, 0.3) is 0 Å². The van der Waals surface area contributed by atoms with Crippen LogP contribution in [0.1, 0.15) is 11.1 Å². The van der Waals surface area contributed by atoms with E-state index < -0.39 is 0 Å². The molecule has 0 aliphatic carbocycles. The highest BCUT2D eigenvalue weighted by molar-refractivity contribution is 5.32. The van der Waals surface area contributed by atoms with Gasteiger partial charge in [-0.3, -0.25) is 0 Å². The van der Waals surface area contributed by atoms with E-state index in [2.05, 4.69) is 4.98 Å². The number of hydrogen-bond donors (Lipinski definition) is 2. The number of anilines is 1. The summed E-state index contributed by atoms with van der Waals surface area (Å²) in [5, 5.41) is 0. The van der Waals surface area contributed by atoms with Crippen LogP contribution in [-0.2, 0) is 12.8 Å². The van der Waals surface area contributed by atoms with Gasteiger partial charge in [0, 0.05) is 12.2 Å². The second-order valence-corrected chi connectivity index (χ2v) is 4.35. The van der Waals surface area contributed by atoms with Crippen LogP contribution in [0.5, 0.6) is 0 Å². The van der Waals surface area contributed by atoms with Crippen molar-refractivity contribution >= 4 is 5.82 Å². The summed E-state index contributed by atoms with van der Waals surface area (Å²) in [6.45, 7) is 0. The van der Waals surface area contributed by atoms with Gasteiger partial charge in [-0.15, -0.1) is 0 Å².